The molecular formula is C25H22O9. The van der Waals surface area contributed by atoms with Crippen LogP contribution in [-0.4, -0.2) is 29.7 Å². The minimum Gasteiger partial charge on any atom is -0.421 e. The highest BCUT2D eigenvalue weighted by atomic mass is 16.7. The highest BCUT2D eigenvalue weighted by Gasteiger charge is 2.36. The number of hydrogen-bond donors (Lipinski definition) is 0. The van der Waals surface area contributed by atoms with Crippen LogP contribution in [0.25, 0.3) is 0 Å². The van der Waals surface area contributed by atoms with Gasteiger partial charge in [-0.2, -0.15) is 0 Å². The summed E-state index contributed by atoms with van der Waals surface area (Å²) >= 11 is 0. The fraction of sp³-hybridized carbons (Fsp3) is 0.320. The Balaban J connectivity index is 1.61. The first kappa shape index (κ1) is 23.2. The second kappa shape index (κ2) is 9.46. The molecule has 9 heteroatoms. The molecule has 2 atom stereocenters. The fourth-order valence-corrected chi connectivity index (χ4v) is 3.72. The van der Waals surface area contributed by atoms with Gasteiger partial charge in [0.05, 0.1) is 11.1 Å². The van der Waals surface area contributed by atoms with E-state index in [1.807, 2.05) is 13.8 Å². The lowest BCUT2D eigenvalue weighted by Crippen LogP contribution is -2.12. The molecule has 34 heavy (non-hydrogen) atoms. The molecule has 0 N–H and O–H groups in total. The van der Waals surface area contributed by atoms with Gasteiger partial charge in [0.2, 0.25) is 0 Å². The Bertz CT molecular complexity index is 1110. The number of esters is 4. The summed E-state index contributed by atoms with van der Waals surface area (Å²) in [6, 6.07) is 8.70. The number of carbonyl (C=O) groups is 5. The van der Waals surface area contributed by atoms with Crippen LogP contribution in [0.5, 0.6) is 0 Å². The number of hydrogen-bond acceptors (Lipinski definition) is 9. The third kappa shape index (κ3) is 4.41. The van der Waals surface area contributed by atoms with Gasteiger partial charge in [-0.05, 0) is 37.1 Å². The van der Waals surface area contributed by atoms with Crippen LogP contribution >= 0.6 is 0 Å². The molecule has 0 bridgehead atoms. The SMILES string of the molecule is CCCC(=O)OC1OC(=O)c2ccc(C(=O)c3ccc4c(c3)C(OC(=O)CCC)OC4=O)cc21. The Labute approximate surface area is 194 Å². The molecule has 2 aromatic carbocycles. The van der Waals surface area contributed by atoms with Crippen LogP contribution in [0.1, 0.15) is 99.9 Å². The summed E-state index contributed by atoms with van der Waals surface area (Å²) in [6.07, 6.45) is -0.955. The molecule has 0 aliphatic carbocycles. The second-order valence-corrected chi connectivity index (χ2v) is 7.89. The van der Waals surface area contributed by atoms with Crippen molar-refractivity contribution in [1.82, 2.24) is 0 Å². The van der Waals surface area contributed by atoms with Crippen LogP contribution in [0.4, 0.5) is 0 Å². The molecule has 0 spiro atoms. The Morgan fingerprint density at radius 1 is 0.735 bits per heavy atom. The van der Waals surface area contributed by atoms with Gasteiger partial charge in [-0.15, -0.1) is 0 Å². The molecule has 4 rings (SSSR count). The molecule has 176 valence electrons. The van der Waals surface area contributed by atoms with E-state index in [0.29, 0.717) is 12.8 Å². The van der Waals surface area contributed by atoms with E-state index in [2.05, 4.69) is 0 Å². The van der Waals surface area contributed by atoms with E-state index >= 15 is 0 Å². The first-order valence-electron chi connectivity index (χ1n) is 11.0. The molecule has 0 saturated carbocycles. The summed E-state index contributed by atoms with van der Waals surface area (Å²) in [4.78, 5) is 61.2. The van der Waals surface area contributed by atoms with E-state index < -0.39 is 42.2 Å². The van der Waals surface area contributed by atoms with Crippen molar-refractivity contribution in [3.63, 3.8) is 0 Å². The van der Waals surface area contributed by atoms with Gasteiger partial charge in [0.1, 0.15) is 0 Å². The molecule has 2 aromatic rings. The van der Waals surface area contributed by atoms with Crippen molar-refractivity contribution in [3.05, 3.63) is 69.8 Å². The fourth-order valence-electron chi connectivity index (χ4n) is 3.72. The van der Waals surface area contributed by atoms with Crippen molar-refractivity contribution in [2.75, 3.05) is 0 Å². The smallest absolute Gasteiger partial charge is 0.342 e. The molecule has 0 radical (unpaired) electrons. The molecule has 2 aliphatic heterocycles. The summed E-state index contributed by atoms with van der Waals surface area (Å²) < 4.78 is 20.7. The van der Waals surface area contributed by atoms with Gasteiger partial charge in [-0.1, -0.05) is 26.0 Å². The first-order chi connectivity index (χ1) is 16.3. The van der Waals surface area contributed by atoms with Crippen LogP contribution in [0.15, 0.2) is 36.4 Å². The number of benzene rings is 2. The maximum atomic E-state index is 13.2. The average Bonchev–Trinajstić information content (AvgIpc) is 3.29. The van der Waals surface area contributed by atoms with Gasteiger partial charge in [0.25, 0.3) is 12.6 Å². The molecule has 2 unspecified atom stereocenters. The first-order valence-corrected chi connectivity index (χ1v) is 11.0. The Morgan fingerprint density at radius 3 is 1.53 bits per heavy atom. The van der Waals surface area contributed by atoms with Gasteiger partial charge >= 0.3 is 23.9 Å². The zero-order chi connectivity index (χ0) is 24.4. The van der Waals surface area contributed by atoms with E-state index in [-0.39, 0.29) is 46.2 Å². The van der Waals surface area contributed by atoms with E-state index in [1.54, 1.807) is 0 Å². The monoisotopic (exact) mass is 466 g/mol. The van der Waals surface area contributed by atoms with Gasteiger partial charge in [-0.25, -0.2) is 9.59 Å². The predicted octanol–water partition coefficient (Wildman–Crippen LogP) is 3.94. The summed E-state index contributed by atoms with van der Waals surface area (Å²) in [5, 5.41) is 0. The number of ether oxygens (including phenoxy) is 4. The molecule has 0 saturated heterocycles. The van der Waals surface area contributed by atoms with Crippen molar-refractivity contribution >= 4 is 29.7 Å². The quantitative estimate of drug-likeness (QED) is 0.420. The third-order valence-electron chi connectivity index (χ3n) is 5.39. The lowest BCUT2D eigenvalue weighted by Gasteiger charge is -2.13. The van der Waals surface area contributed by atoms with E-state index in [9.17, 15) is 24.0 Å². The van der Waals surface area contributed by atoms with Gasteiger partial charge in [0.15, 0.2) is 5.78 Å². The lowest BCUT2D eigenvalue weighted by atomic mass is 9.96. The second-order valence-electron chi connectivity index (χ2n) is 7.89. The van der Waals surface area contributed by atoms with E-state index in [4.69, 9.17) is 18.9 Å². The summed E-state index contributed by atoms with van der Waals surface area (Å²) in [5.74, 6) is -2.74. The van der Waals surface area contributed by atoms with Crippen LogP contribution in [0, 0.1) is 0 Å². The Hall–Kier alpha value is -4.01. The zero-order valence-corrected chi connectivity index (χ0v) is 18.6. The normalized spacial score (nSPS) is 17.9. The molecular weight excluding hydrogens is 444 g/mol. The Kier molecular flexibility index (Phi) is 6.45. The number of ketones is 1. The predicted molar refractivity (Wildman–Crippen MR) is 115 cm³/mol. The number of rotatable bonds is 8. The summed E-state index contributed by atoms with van der Waals surface area (Å²) in [7, 11) is 0. The van der Waals surface area contributed by atoms with Crippen LogP contribution in [0.3, 0.4) is 0 Å². The van der Waals surface area contributed by atoms with Crippen molar-refractivity contribution in [2.24, 2.45) is 0 Å². The summed E-state index contributed by atoms with van der Waals surface area (Å²) in [6.45, 7) is 3.63. The van der Waals surface area contributed by atoms with Gasteiger partial charge in [-0.3, -0.25) is 14.4 Å². The van der Waals surface area contributed by atoms with Crippen LogP contribution in [0.2, 0.25) is 0 Å². The molecule has 0 fully saturated rings. The zero-order valence-electron chi connectivity index (χ0n) is 18.6. The molecule has 9 nitrogen and oxygen atoms in total. The molecule has 0 amide bonds. The van der Waals surface area contributed by atoms with E-state index in [0.717, 1.165) is 0 Å². The molecule has 0 aromatic heterocycles. The number of fused-ring (bicyclic) bond motifs is 2. The van der Waals surface area contributed by atoms with Crippen molar-refractivity contribution in [2.45, 2.75) is 52.1 Å². The molecule has 2 aliphatic rings. The van der Waals surface area contributed by atoms with Crippen LogP contribution < -0.4 is 0 Å². The highest BCUT2D eigenvalue weighted by Crippen LogP contribution is 2.35. The largest absolute Gasteiger partial charge is 0.421 e. The number of cyclic esters (lactones) is 2. The topological polar surface area (TPSA) is 122 Å². The van der Waals surface area contributed by atoms with Crippen molar-refractivity contribution in [3.8, 4) is 0 Å². The maximum Gasteiger partial charge on any atom is 0.342 e. The lowest BCUT2D eigenvalue weighted by molar-refractivity contribution is -0.169. The standard InChI is InChI=1S/C25H22O9/c1-3-5-19(26)31-24-17-11-13(7-9-15(17)22(29)33-24)21(28)14-8-10-16-18(12-14)25(34-23(16)30)32-20(27)6-4-2/h7-12,24-25H,3-6H2,1-2H3. The van der Waals surface area contributed by atoms with Crippen molar-refractivity contribution in [1.29, 1.82) is 0 Å². The van der Waals surface area contributed by atoms with Crippen molar-refractivity contribution < 1.29 is 42.9 Å². The minimum absolute atomic E-state index is 0.169. The molecule has 2 heterocycles. The Morgan fingerprint density at radius 2 is 1.15 bits per heavy atom. The highest BCUT2D eigenvalue weighted by molar-refractivity contribution is 6.10. The average molecular weight is 466 g/mol. The van der Waals surface area contributed by atoms with E-state index in [1.165, 1.54) is 36.4 Å². The van der Waals surface area contributed by atoms with Crippen LogP contribution in [-0.2, 0) is 28.5 Å². The summed E-state index contributed by atoms with van der Waals surface area (Å²) in [5.41, 5.74) is 1.43. The third-order valence-corrected chi connectivity index (χ3v) is 5.39. The number of carbonyl (C=O) groups excluding carboxylic acids is 5. The maximum absolute atomic E-state index is 13.2. The minimum atomic E-state index is -1.22. The van der Waals surface area contributed by atoms with Gasteiger partial charge < -0.3 is 18.9 Å². The van der Waals surface area contributed by atoms with Gasteiger partial charge in [0, 0.05) is 35.1 Å².